The summed E-state index contributed by atoms with van der Waals surface area (Å²) in [7, 11) is 0. The fraction of sp³-hybridized carbons (Fsp3) is 0.667. The monoisotopic (exact) mass is 193 g/mol. The summed E-state index contributed by atoms with van der Waals surface area (Å²) in [5.41, 5.74) is 8.01. The van der Waals surface area contributed by atoms with Crippen LogP contribution in [0, 0.1) is 11.8 Å². The van der Waals surface area contributed by atoms with E-state index in [9.17, 15) is 0 Å². The molecule has 1 unspecified atom stereocenters. The maximum Gasteiger partial charge on any atom is 0.197 e. The first-order valence-corrected chi connectivity index (χ1v) is 5.05. The topological polar surface area (TPSA) is 84.0 Å². The van der Waals surface area contributed by atoms with Crippen molar-refractivity contribution < 1.29 is 0 Å². The van der Waals surface area contributed by atoms with Crippen molar-refractivity contribution in [3.05, 3.63) is 11.4 Å². The molecule has 76 valence electrons. The van der Waals surface area contributed by atoms with E-state index in [0.29, 0.717) is 17.8 Å². The standard InChI is InChI=1S/C9H15N5/c10-9-12-7-1-5-3-14(11)4-6(5)2-8(7)13-9/h5-6H,1-4,11H2,(H3,10,12,13)/t5-,6?/m0/s1. The first-order chi connectivity index (χ1) is 6.72. The van der Waals surface area contributed by atoms with Gasteiger partial charge in [0.1, 0.15) is 0 Å². The molecule has 1 aliphatic carbocycles. The lowest BCUT2D eigenvalue weighted by molar-refractivity contribution is 0.335. The molecule has 1 aromatic heterocycles. The van der Waals surface area contributed by atoms with Gasteiger partial charge in [0.05, 0.1) is 5.69 Å². The minimum absolute atomic E-state index is 0.555. The van der Waals surface area contributed by atoms with Gasteiger partial charge in [0.2, 0.25) is 0 Å². The van der Waals surface area contributed by atoms with Gasteiger partial charge in [0.25, 0.3) is 0 Å². The number of nitrogens with zero attached hydrogens (tertiary/aromatic N) is 2. The Labute approximate surface area is 82.4 Å². The van der Waals surface area contributed by atoms with Gasteiger partial charge in [-0.15, -0.1) is 0 Å². The van der Waals surface area contributed by atoms with Crippen LogP contribution in [-0.4, -0.2) is 28.1 Å². The molecule has 14 heavy (non-hydrogen) atoms. The van der Waals surface area contributed by atoms with Crippen LogP contribution >= 0.6 is 0 Å². The van der Waals surface area contributed by atoms with E-state index in [4.69, 9.17) is 11.6 Å². The molecule has 0 amide bonds. The zero-order valence-corrected chi connectivity index (χ0v) is 8.03. The van der Waals surface area contributed by atoms with Gasteiger partial charge in [0.15, 0.2) is 5.95 Å². The summed E-state index contributed by atoms with van der Waals surface area (Å²) in [6.07, 6.45) is 2.08. The molecule has 3 rings (SSSR count). The number of imidazole rings is 1. The predicted octanol–water partition coefficient (Wildman–Crippen LogP) is -0.488. The van der Waals surface area contributed by atoms with Crippen LogP contribution in [0.5, 0.6) is 0 Å². The molecule has 5 nitrogen and oxygen atoms in total. The number of hydrogen-bond acceptors (Lipinski definition) is 4. The third-order valence-corrected chi connectivity index (χ3v) is 3.41. The maximum atomic E-state index is 5.81. The van der Waals surface area contributed by atoms with E-state index in [-0.39, 0.29) is 0 Å². The first kappa shape index (κ1) is 8.26. The number of anilines is 1. The molecule has 1 aliphatic heterocycles. The fourth-order valence-corrected chi connectivity index (χ4v) is 2.75. The van der Waals surface area contributed by atoms with Gasteiger partial charge < -0.3 is 10.7 Å². The van der Waals surface area contributed by atoms with Crippen molar-refractivity contribution in [1.29, 1.82) is 0 Å². The lowest BCUT2D eigenvalue weighted by atomic mass is 9.82. The van der Waals surface area contributed by atoms with Gasteiger partial charge in [-0.1, -0.05) is 0 Å². The van der Waals surface area contributed by atoms with Gasteiger partial charge in [0, 0.05) is 18.8 Å². The van der Waals surface area contributed by atoms with Crippen molar-refractivity contribution in [3.63, 3.8) is 0 Å². The Morgan fingerprint density at radius 2 is 2.00 bits per heavy atom. The molecule has 1 aromatic rings. The zero-order chi connectivity index (χ0) is 9.71. The number of aromatic amines is 1. The lowest BCUT2D eigenvalue weighted by Crippen LogP contribution is -2.28. The maximum absolute atomic E-state index is 5.81. The van der Waals surface area contributed by atoms with E-state index >= 15 is 0 Å². The quantitative estimate of drug-likeness (QED) is 0.485. The highest BCUT2D eigenvalue weighted by molar-refractivity contribution is 5.29. The van der Waals surface area contributed by atoms with E-state index in [1.807, 2.05) is 5.01 Å². The van der Waals surface area contributed by atoms with E-state index in [1.165, 1.54) is 5.69 Å². The van der Waals surface area contributed by atoms with Crippen LogP contribution in [0.25, 0.3) is 0 Å². The molecular formula is C9H15N5. The second-order valence-corrected chi connectivity index (χ2v) is 4.43. The molecule has 2 aliphatic rings. The average molecular weight is 193 g/mol. The number of hydrazine groups is 1. The average Bonchev–Trinajstić information content (AvgIpc) is 2.59. The Bertz CT molecular complexity index is 327. The predicted molar refractivity (Wildman–Crippen MR) is 53.1 cm³/mol. The highest BCUT2D eigenvalue weighted by Gasteiger charge is 2.36. The highest BCUT2D eigenvalue weighted by atomic mass is 15.4. The summed E-state index contributed by atoms with van der Waals surface area (Å²) in [5, 5.41) is 1.92. The van der Waals surface area contributed by atoms with Crippen molar-refractivity contribution in [2.75, 3.05) is 18.8 Å². The lowest BCUT2D eigenvalue weighted by Gasteiger charge is -2.22. The summed E-state index contributed by atoms with van der Waals surface area (Å²) in [4.78, 5) is 7.43. The minimum Gasteiger partial charge on any atom is -0.369 e. The van der Waals surface area contributed by atoms with Crippen molar-refractivity contribution in [1.82, 2.24) is 15.0 Å². The third-order valence-electron chi connectivity index (χ3n) is 3.41. The molecule has 0 spiro atoms. The normalized spacial score (nSPS) is 31.5. The first-order valence-electron chi connectivity index (χ1n) is 5.05. The smallest absolute Gasteiger partial charge is 0.197 e. The molecule has 5 N–H and O–H groups in total. The summed E-state index contributed by atoms with van der Waals surface area (Å²) in [6, 6.07) is 0. The Morgan fingerprint density at radius 1 is 1.29 bits per heavy atom. The Balaban J connectivity index is 1.90. The molecule has 0 bridgehead atoms. The summed E-state index contributed by atoms with van der Waals surface area (Å²) in [5.74, 6) is 7.72. The second-order valence-electron chi connectivity index (χ2n) is 4.43. The number of hydrogen-bond donors (Lipinski definition) is 3. The van der Waals surface area contributed by atoms with Crippen LogP contribution in [-0.2, 0) is 12.8 Å². The SMILES string of the molecule is Nc1nc2c([nH]1)C[C@H]1CN(N)CC1C2. The summed E-state index contributed by atoms with van der Waals surface area (Å²) < 4.78 is 0. The van der Waals surface area contributed by atoms with Gasteiger partial charge >= 0.3 is 0 Å². The number of H-pyrrole nitrogens is 1. The zero-order valence-electron chi connectivity index (χ0n) is 8.03. The van der Waals surface area contributed by atoms with Crippen LogP contribution in [0.15, 0.2) is 0 Å². The van der Waals surface area contributed by atoms with Gasteiger partial charge in [-0.25, -0.2) is 9.99 Å². The number of aromatic nitrogens is 2. The number of rotatable bonds is 0. The second kappa shape index (κ2) is 2.71. The molecule has 1 saturated heterocycles. The Hall–Kier alpha value is -1.07. The Kier molecular flexibility index (Phi) is 1.60. The molecular weight excluding hydrogens is 178 g/mol. The molecule has 0 radical (unpaired) electrons. The van der Waals surface area contributed by atoms with Gasteiger partial charge in [-0.3, -0.25) is 5.84 Å². The number of nitrogen functional groups attached to an aromatic ring is 1. The molecule has 0 aromatic carbocycles. The summed E-state index contributed by atoms with van der Waals surface area (Å²) in [6.45, 7) is 2.00. The third kappa shape index (κ3) is 1.13. The number of fused-ring (bicyclic) bond motifs is 2. The molecule has 2 heterocycles. The summed E-state index contributed by atoms with van der Waals surface area (Å²) >= 11 is 0. The van der Waals surface area contributed by atoms with Crippen LogP contribution in [0.4, 0.5) is 5.95 Å². The van der Waals surface area contributed by atoms with Crippen molar-refractivity contribution in [3.8, 4) is 0 Å². The van der Waals surface area contributed by atoms with Crippen LogP contribution < -0.4 is 11.6 Å². The number of nitrogens with two attached hydrogens (primary N) is 2. The fourth-order valence-electron chi connectivity index (χ4n) is 2.75. The van der Waals surface area contributed by atoms with Gasteiger partial charge in [-0.2, -0.15) is 0 Å². The van der Waals surface area contributed by atoms with Crippen molar-refractivity contribution in [2.45, 2.75) is 12.8 Å². The highest BCUT2D eigenvalue weighted by Crippen LogP contribution is 2.33. The Morgan fingerprint density at radius 3 is 2.79 bits per heavy atom. The van der Waals surface area contributed by atoms with E-state index in [1.54, 1.807) is 0 Å². The molecule has 5 heteroatoms. The van der Waals surface area contributed by atoms with Crippen LogP contribution in [0.3, 0.4) is 0 Å². The minimum atomic E-state index is 0.555. The molecule has 0 saturated carbocycles. The van der Waals surface area contributed by atoms with E-state index < -0.39 is 0 Å². The number of nitrogens with one attached hydrogen (secondary N) is 1. The van der Waals surface area contributed by atoms with Crippen molar-refractivity contribution in [2.24, 2.45) is 17.7 Å². The van der Waals surface area contributed by atoms with E-state index in [2.05, 4.69) is 9.97 Å². The molecule has 1 fully saturated rings. The van der Waals surface area contributed by atoms with Crippen molar-refractivity contribution >= 4 is 5.95 Å². The van der Waals surface area contributed by atoms with Crippen LogP contribution in [0.1, 0.15) is 11.4 Å². The largest absolute Gasteiger partial charge is 0.369 e. The van der Waals surface area contributed by atoms with Gasteiger partial charge in [-0.05, 0) is 24.7 Å². The van der Waals surface area contributed by atoms with Crippen LogP contribution in [0.2, 0.25) is 0 Å². The molecule has 2 atom stereocenters. The van der Waals surface area contributed by atoms with E-state index in [0.717, 1.165) is 31.6 Å².